The summed E-state index contributed by atoms with van der Waals surface area (Å²) in [5.74, 6) is 0.933. The molecule has 0 unspecified atom stereocenters. The average molecular weight is 262 g/mol. The number of hydrogen-bond donors (Lipinski definition) is 1. The summed E-state index contributed by atoms with van der Waals surface area (Å²) in [6.07, 6.45) is 3.42. The van der Waals surface area contributed by atoms with Crippen molar-refractivity contribution in [1.82, 2.24) is 19.7 Å². The van der Waals surface area contributed by atoms with Crippen LogP contribution in [0, 0.1) is 5.41 Å². The van der Waals surface area contributed by atoms with E-state index in [0.29, 0.717) is 6.54 Å². The van der Waals surface area contributed by atoms with Gasteiger partial charge < -0.3 is 10.6 Å². The van der Waals surface area contributed by atoms with Crippen molar-refractivity contribution in [1.29, 1.82) is 0 Å². The van der Waals surface area contributed by atoms with Crippen LogP contribution < -0.4 is 10.6 Å². The van der Waals surface area contributed by atoms with Crippen LogP contribution in [-0.2, 0) is 7.05 Å². The summed E-state index contributed by atoms with van der Waals surface area (Å²) in [7, 11) is 1.89. The number of nitrogens with two attached hydrogens (primary N) is 1. The Morgan fingerprint density at radius 2 is 2.11 bits per heavy atom. The Balaban J connectivity index is 2.41. The third-order valence-electron chi connectivity index (χ3n) is 3.36. The van der Waals surface area contributed by atoms with Crippen LogP contribution in [0.15, 0.2) is 12.5 Å². The summed E-state index contributed by atoms with van der Waals surface area (Å²) < 4.78 is 1.77. The summed E-state index contributed by atoms with van der Waals surface area (Å²) >= 11 is 0. The molecule has 0 aliphatic carbocycles. The fourth-order valence-electron chi connectivity index (χ4n) is 2.12. The van der Waals surface area contributed by atoms with Gasteiger partial charge in [0.05, 0.1) is 11.6 Å². The molecule has 0 atom stereocenters. The van der Waals surface area contributed by atoms with Gasteiger partial charge in [0.2, 0.25) is 0 Å². The van der Waals surface area contributed by atoms with Gasteiger partial charge in [0.1, 0.15) is 12.1 Å². The number of fused-ring (bicyclic) bond motifs is 1. The number of aromatic nitrogens is 4. The molecule has 0 bridgehead atoms. The molecule has 0 fully saturated rings. The lowest BCUT2D eigenvalue weighted by Crippen LogP contribution is -2.39. The van der Waals surface area contributed by atoms with Crippen molar-refractivity contribution in [2.45, 2.75) is 20.8 Å². The third-order valence-corrected chi connectivity index (χ3v) is 3.36. The van der Waals surface area contributed by atoms with Gasteiger partial charge >= 0.3 is 0 Å². The fourth-order valence-corrected chi connectivity index (χ4v) is 2.12. The first-order valence-corrected chi connectivity index (χ1v) is 6.56. The number of aryl methyl sites for hydroxylation is 1. The van der Waals surface area contributed by atoms with Gasteiger partial charge in [-0.05, 0) is 18.9 Å². The predicted molar refractivity (Wildman–Crippen MR) is 77.0 cm³/mol. The van der Waals surface area contributed by atoms with E-state index < -0.39 is 0 Å². The van der Waals surface area contributed by atoms with Crippen LogP contribution in [0.2, 0.25) is 0 Å². The number of nitrogens with zero attached hydrogens (tertiary/aromatic N) is 5. The van der Waals surface area contributed by atoms with E-state index in [1.54, 1.807) is 11.0 Å². The standard InChI is InChI=1S/C13H22N6/c1-5-19(8-13(2,3)7-14)12-10-6-17-18(4)11(10)15-9-16-12/h6,9H,5,7-8,14H2,1-4H3. The van der Waals surface area contributed by atoms with Gasteiger partial charge in [-0.25, -0.2) is 9.97 Å². The van der Waals surface area contributed by atoms with Crippen molar-refractivity contribution in [2.75, 3.05) is 24.5 Å². The second-order valence-corrected chi connectivity index (χ2v) is 5.59. The molecular formula is C13H22N6. The molecule has 0 radical (unpaired) electrons. The highest BCUT2D eigenvalue weighted by Gasteiger charge is 2.22. The van der Waals surface area contributed by atoms with Crippen LogP contribution in [0.4, 0.5) is 5.82 Å². The maximum atomic E-state index is 5.83. The topological polar surface area (TPSA) is 72.9 Å². The lowest BCUT2D eigenvalue weighted by Gasteiger charge is -2.32. The van der Waals surface area contributed by atoms with Crippen molar-refractivity contribution in [2.24, 2.45) is 18.2 Å². The summed E-state index contributed by atoms with van der Waals surface area (Å²) in [5.41, 5.74) is 6.73. The van der Waals surface area contributed by atoms with Crippen molar-refractivity contribution in [3.8, 4) is 0 Å². The Kier molecular flexibility index (Phi) is 3.71. The number of rotatable bonds is 5. The van der Waals surface area contributed by atoms with Gasteiger partial charge in [0, 0.05) is 20.1 Å². The highest BCUT2D eigenvalue weighted by molar-refractivity contribution is 5.86. The molecule has 19 heavy (non-hydrogen) atoms. The molecule has 0 amide bonds. The Morgan fingerprint density at radius 3 is 2.74 bits per heavy atom. The highest BCUT2D eigenvalue weighted by atomic mass is 15.3. The minimum atomic E-state index is 0.0511. The molecule has 0 aliphatic rings. The molecule has 6 heteroatoms. The quantitative estimate of drug-likeness (QED) is 0.875. The van der Waals surface area contributed by atoms with Crippen molar-refractivity contribution < 1.29 is 0 Å². The number of hydrogen-bond acceptors (Lipinski definition) is 5. The predicted octanol–water partition coefficient (Wildman–Crippen LogP) is 1.17. The first kappa shape index (κ1) is 13.7. The summed E-state index contributed by atoms with van der Waals surface area (Å²) in [5, 5.41) is 5.24. The van der Waals surface area contributed by atoms with Gasteiger partial charge in [-0.3, -0.25) is 4.68 Å². The van der Waals surface area contributed by atoms with E-state index in [2.05, 4.69) is 40.7 Å². The van der Waals surface area contributed by atoms with Gasteiger partial charge in [0.25, 0.3) is 0 Å². The van der Waals surface area contributed by atoms with Gasteiger partial charge in [-0.15, -0.1) is 0 Å². The van der Waals surface area contributed by atoms with Crippen LogP contribution in [0.25, 0.3) is 11.0 Å². The Labute approximate surface area is 113 Å². The highest BCUT2D eigenvalue weighted by Crippen LogP contribution is 2.25. The smallest absolute Gasteiger partial charge is 0.163 e. The molecule has 2 aromatic rings. The Morgan fingerprint density at radius 1 is 1.37 bits per heavy atom. The largest absolute Gasteiger partial charge is 0.356 e. The molecule has 2 N–H and O–H groups in total. The van der Waals surface area contributed by atoms with Gasteiger partial charge in [-0.1, -0.05) is 13.8 Å². The summed E-state index contributed by atoms with van der Waals surface area (Å²) in [6, 6.07) is 0. The lowest BCUT2D eigenvalue weighted by atomic mass is 9.93. The molecule has 2 rings (SSSR count). The minimum absolute atomic E-state index is 0.0511. The van der Waals surface area contributed by atoms with Crippen LogP contribution in [0.1, 0.15) is 20.8 Å². The monoisotopic (exact) mass is 262 g/mol. The fraction of sp³-hybridized carbons (Fsp3) is 0.615. The third kappa shape index (κ3) is 2.68. The zero-order valence-corrected chi connectivity index (χ0v) is 12.1. The second-order valence-electron chi connectivity index (χ2n) is 5.59. The molecule has 6 nitrogen and oxygen atoms in total. The maximum absolute atomic E-state index is 5.83. The van der Waals surface area contributed by atoms with E-state index in [9.17, 15) is 0 Å². The van der Waals surface area contributed by atoms with E-state index in [1.165, 1.54) is 0 Å². The van der Waals surface area contributed by atoms with E-state index in [-0.39, 0.29) is 5.41 Å². The van der Waals surface area contributed by atoms with Crippen molar-refractivity contribution >= 4 is 16.9 Å². The van der Waals surface area contributed by atoms with Crippen LogP contribution in [-0.4, -0.2) is 39.4 Å². The average Bonchev–Trinajstić information content (AvgIpc) is 2.78. The molecule has 0 spiro atoms. The molecular weight excluding hydrogens is 240 g/mol. The van der Waals surface area contributed by atoms with Crippen molar-refractivity contribution in [3.05, 3.63) is 12.5 Å². The van der Waals surface area contributed by atoms with Crippen LogP contribution in [0.3, 0.4) is 0 Å². The van der Waals surface area contributed by atoms with Crippen LogP contribution >= 0.6 is 0 Å². The number of anilines is 1. The Hall–Kier alpha value is -1.69. The molecule has 0 saturated heterocycles. The van der Waals surface area contributed by atoms with Crippen molar-refractivity contribution in [3.63, 3.8) is 0 Å². The van der Waals surface area contributed by atoms with E-state index in [0.717, 1.165) is 29.9 Å². The van der Waals surface area contributed by atoms with Gasteiger partial charge in [-0.2, -0.15) is 5.10 Å². The maximum Gasteiger partial charge on any atom is 0.163 e. The molecule has 104 valence electrons. The van der Waals surface area contributed by atoms with E-state index >= 15 is 0 Å². The molecule has 2 aromatic heterocycles. The van der Waals surface area contributed by atoms with Crippen LogP contribution in [0.5, 0.6) is 0 Å². The molecule has 2 heterocycles. The second kappa shape index (κ2) is 5.13. The summed E-state index contributed by atoms with van der Waals surface area (Å²) in [6.45, 7) is 8.84. The Bertz CT molecular complexity index is 559. The molecule has 0 aromatic carbocycles. The summed E-state index contributed by atoms with van der Waals surface area (Å²) in [4.78, 5) is 10.9. The van der Waals surface area contributed by atoms with E-state index in [1.807, 2.05) is 13.2 Å². The minimum Gasteiger partial charge on any atom is -0.356 e. The molecule has 0 aliphatic heterocycles. The molecule has 0 saturated carbocycles. The van der Waals surface area contributed by atoms with Gasteiger partial charge in [0.15, 0.2) is 5.65 Å². The zero-order valence-electron chi connectivity index (χ0n) is 12.1. The zero-order chi connectivity index (χ0) is 14.0. The lowest BCUT2D eigenvalue weighted by molar-refractivity contribution is 0.379. The SMILES string of the molecule is CCN(CC(C)(C)CN)c1ncnc2c1cnn2C. The first-order valence-electron chi connectivity index (χ1n) is 6.56. The van der Waals surface area contributed by atoms with E-state index in [4.69, 9.17) is 5.73 Å². The normalized spacial score (nSPS) is 12.1. The first-order chi connectivity index (χ1) is 8.98.